The number of nitrogens with zero attached hydrogens (tertiary/aromatic N) is 2. The van der Waals surface area contributed by atoms with Crippen molar-refractivity contribution in [3.63, 3.8) is 0 Å². The Morgan fingerprint density at radius 1 is 0.875 bits per heavy atom. The van der Waals surface area contributed by atoms with Crippen LogP contribution >= 0.6 is 0 Å². The van der Waals surface area contributed by atoms with Gasteiger partial charge in [0.1, 0.15) is 11.5 Å². The molecule has 0 bridgehead atoms. The summed E-state index contributed by atoms with van der Waals surface area (Å²) in [5.74, 6) is 0.418. The number of benzene rings is 2. The van der Waals surface area contributed by atoms with Gasteiger partial charge in [-0.25, -0.2) is 0 Å². The summed E-state index contributed by atoms with van der Waals surface area (Å²) in [5.41, 5.74) is 0.964. The first-order valence-electron chi connectivity index (χ1n) is 7.09. The Morgan fingerprint density at radius 3 is 1.83 bits per heavy atom. The Balaban J connectivity index is 0.00000264. The fourth-order valence-corrected chi connectivity index (χ4v) is 1.85. The summed E-state index contributed by atoms with van der Waals surface area (Å²) in [6, 6.07) is 14.1. The zero-order chi connectivity index (χ0) is 16.0. The van der Waals surface area contributed by atoms with E-state index in [0.29, 0.717) is 17.7 Å². The molecule has 4 nitrogen and oxygen atoms in total. The molecule has 0 aliphatic carbocycles. The van der Waals surface area contributed by atoms with Gasteiger partial charge in [0.2, 0.25) is 0 Å². The molecule has 0 aliphatic heterocycles. The van der Waals surface area contributed by atoms with Crippen molar-refractivity contribution >= 4 is 12.4 Å². The first-order chi connectivity index (χ1) is 10.5. The SMILES string of the molecule is CC(C)(CN=Cc1ccccc1O)N=Cc1ccccc1O.[CH3-].[Co]. The van der Waals surface area contributed by atoms with E-state index in [9.17, 15) is 10.2 Å². The normalized spacial score (nSPS) is 11.2. The summed E-state index contributed by atoms with van der Waals surface area (Å²) in [7, 11) is 0. The third-order valence-corrected chi connectivity index (χ3v) is 3.14. The molecule has 0 saturated heterocycles. The number of phenolic OH excluding ortho intramolecular Hbond substituents is 2. The Kier molecular flexibility index (Phi) is 9.03. The quantitative estimate of drug-likeness (QED) is 0.620. The molecule has 0 spiro atoms. The molecule has 0 amide bonds. The molecule has 0 unspecified atom stereocenters. The van der Waals surface area contributed by atoms with Crippen molar-refractivity contribution in [2.24, 2.45) is 9.98 Å². The van der Waals surface area contributed by atoms with Gasteiger partial charge >= 0.3 is 0 Å². The topological polar surface area (TPSA) is 65.2 Å². The van der Waals surface area contributed by atoms with E-state index in [2.05, 4.69) is 9.98 Å². The van der Waals surface area contributed by atoms with Crippen LogP contribution in [0, 0.1) is 7.43 Å². The smallest absolute Gasteiger partial charge is 0.124 e. The third-order valence-electron chi connectivity index (χ3n) is 3.14. The number of phenols is 2. The second-order valence-corrected chi connectivity index (χ2v) is 5.66. The second-order valence-electron chi connectivity index (χ2n) is 5.66. The van der Waals surface area contributed by atoms with Gasteiger partial charge in [0.25, 0.3) is 0 Å². The zero-order valence-corrected chi connectivity index (χ0v) is 15.1. The van der Waals surface area contributed by atoms with Crippen molar-refractivity contribution in [3.05, 3.63) is 67.1 Å². The Labute approximate surface area is 154 Å². The molecular weight excluding hydrogens is 347 g/mol. The maximum Gasteiger partial charge on any atom is 0.124 e. The van der Waals surface area contributed by atoms with Gasteiger partial charge in [0, 0.05) is 40.3 Å². The van der Waals surface area contributed by atoms with E-state index in [-0.39, 0.29) is 35.7 Å². The molecule has 2 aromatic carbocycles. The minimum atomic E-state index is -0.400. The predicted octanol–water partition coefficient (Wildman–Crippen LogP) is 3.86. The minimum Gasteiger partial charge on any atom is -0.507 e. The van der Waals surface area contributed by atoms with Gasteiger partial charge in [-0.05, 0) is 38.1 Å². The number of aromatic hydroxyl groups is 2. The average molecular weight is 370 g/mol. The van der Waals surface area contributed by atoms with Crippen LogP contribution in [0.4, 0.5) is 0 Å². The van der Waals surface area contributed by atoms with Gasteiger partial charge in [0.15, 0.2) is 0 Å². The molecule has 5 heteroatoms. The Bertz CT molecular complexity index is 697. The first-order valence-corrected chi connectivity index (χ1v) is 7.09. The van der Waals surface area contributed by atoms with Gasteiger partial charge in [-0.2, -0.15) is 0 Å². The molecule has 0 heterocycles. The number of aliphatic imine (C=N–C) groups is 2. The summed E-state index contributed by atoms with van der Waals surface area (Å²) in [6.07, 6.45) is 3.30. The predicted molar refractivity (Wildman–Crippen MR) is 96.8 cm³/mol. The molecule has 24 heavy (non-hydrogen) atoms. The van der Waals surface area contributed by atoms with Crippen LogP contribution in [0.15, 0.2) is 58.5 Å². The molecule has 0 aromatic heterocycles. The van der Waals surface area contributed by atoms with E-state index in [1.165, 1.54) is 0 Å². The summed E-state index contributed by atoms with van der Waals surface area (Å²) < 4.78 is 0. The summed E-state index contributed by atoms with van der Waals surface area (Å²) in [4.78, 5) is 8.83. The van der Waals surface area contributed by atoms with Crippen molar-refractivity contribution in [1.82, 2.24) is 0 Å². The van der Waals surface area contributed by atoms with Crippen LogP contribution in [0.3, 0.4) is 0 Å². The van der Waals surface area contributed by atoms with Crippen molar-refractivity contribution < 1.29 is 27.0 Å². The molecule has 131 valence electrons. The first kappa shape index (κ1) is 21.9. The Morgan fingerprint density at radius 2 is 1.33 bits per heavy atom. The number of rotatable bonds is 5. The van der Waals surface area contributed by atoms with Crippen molar-refractivity contribution in [1.29, 1.82) is 0 Å². The average Bonchev–Trinajstić information content (AvgIpc) is 2.48. The number of hydrogen-bond acceptors (Lipinski definition) is 4. The van der Waals surface area contributed by atoms with Crippen LogP contribution in [0.1, 0.15) is 25.0 Å². The van der Waals surface area contributed by atoms with Crippen LogP contribution < -0.4 is 0 Å². The zero-order valence-electron chi connectivity index (χ0n) is 14.1. The fourth-order valence-electron chi connectivity index (χ4n) is 1.85. The maximum absolute atomic E-state index is 9.71. The molecule has 0 saturated carbocycles. The van der Waals surface area contributed by atoms with Crippen molar-refractivity contribution in [3.8, 4) is 11.5 Å². The molecule has 2 aromatic rings. The van der Waals surface area contributed by atoms with Crippen LogP contribution in [-0.4, -0.2) is 34.7 Å². The van der Waals surface area contributed by atoms with Gasteiger partial charge in [-0.15, -0.1) is 0 Å². The van der Waals surface area contributed by atoms with Gasteiger partial charge in [-0.3, -0.25) is 9.98 Å². The largest absolute Gasteiger partial charge is 0.507 e. The molecule has 0 fully saturated rings. The minimum absolute atomic E-state index is 0. The number of hydrogen-bond donors (Lipinski definition) is 2. The fraction of sp³-hybridized carbons (Fsp3) is 0.211. The molecular formula is C19H23CoN2O2-. The monoisotopic (exact) mass is 370 g/mol. The second kappa shape index (κ2) is 9.90. The van der Waals surface area contributed by atoms with Crippen LogP contribution in [0.2, 0.25) is 0 Å². The van der Waals surface area contributed by atoms with Crippen LogP contribution in [0.25, 0.3) is 0 Å². The third kappa shape index (κ3) is 6.56. The van der Waals surface area contributed by atoms with E-state index >= 15 is 0 Å². The summed E-state index contributed by atoms with van der Waals surface area (Å²) in [5, 5.41) is 19.4. The van der Waals surface area contributed by atoms with E-state index < -0.39 is 5.54 Å². The maximum atomic E-state index is 9.71. The van der Waals surface area contributed by atoms with E-state index in [1.807, 2.05) is 26.0 Å². The molecule has 2 rings (SSSR count). The molecule has 1 radical (unpaired) electrons. The van der Waals surface area contributed by atoms with Crippen LogP contribution in [-0.2, 0) is 16.8 Å². The van der Waals surface area contributed by atoms with Crippen LogP contribution in [0.5, 0.6) is 11.5 Å². The van der Waals surface area contributed by atoms with E-state index in [0.717, 1.165) is 0 Å². The Hall–Kier alpha value is -2.11. The van der Waals surface area contributed by atoms with Crippen molar-refractivity contribution in [2.45, 2.75) is 19.4 Å². The molecule has 0 aliphatic rings. The van der Waals surface area contributed by atoms with Gasteiger partial charge in [-0.1, -0.05) is 24.3 Å². The van der Waals surface area contributed by atoms with Crippen molar-refractivity contribution in [2.75, 3.05) is 6.54 Å². The summed E-state index contributed by atoms with van der Waals surface area (Å²) >= 11 is 0. The van der Waals surface area contributed by atoms with Gasteiger partial charge < -0.3 is 17.6 Å². The molecule has 0 atom stereocenters. The number of para-hydroxylation sites is 2. The van der Waals surface area contributed by atoms with E-state index in [1.54, 1.807) is 48.8 Å². The van der Waals surface area contributed by atoms with Gasteiger partial charge in [0.05, 0.1) is 12.1 Å². The molecule has 2 N–H and O–H groups in total. The van der Waals surface area contributed by atoms with E-state index in [4.69, 9.17) is 0 Å². The summed E-state index contributed by atoms with van der Waals surface area (Å²) in [6.45, 7) is 4.41. The standard InChI is InChI=1S/C18H20N2O2.CH3.Co/c1-18(2,20-12-15-8-4-6-10-17(15)22)13-19-11-14-7-3-5-9-16(14)21;;/h3-12,21-22H,13H2,1-2H3;1H3;/q;-1;.